The summed E-state index contributed by atoms with van der Waals surface area (Å²) < 4.78 is 1.51. The van der Waals surface area contributed by atoms with Gasteiger partial charge in [-0.05, 0) is 48.5 Å². The third-order valence-electron chi connectivity index (χ3n) is 4.88. The number of thiazole rings is 1. The second-order valence-corrected chi connectivity index (χ2v) is 10.2. The van der Waals surface area contributed by atoms with E-state index in [9.17, 15) is 14.4 Å². The summed E-state index contributed by atoms with van der Waals surface area (Å²) in [6.45, 7) is 0. The zero-order valence-electron chi connectivity index (χ0n) is 16.7. The third-order valence-corrected chi connectivity index (χ3v) is 7.48. The van der Waals surface area contributed by atoms with Crippen molar-refractivity contribution in [3.05, 3.63) is 81.8 Å². The molecule has 5 rings (SSSR count). The van der Waals surface area contributed by atoms with E-state index in [0.717, 1.165) is 10.2 Å². The fourth-order valence-corrected chi connectivity index (χ4v) is 5.89. The van der Waals surface area contributed by atoms with E-state index in [1.54, 1.807) is 60.7 Å². The number of nitrogens with zero attached hydrogens (tertiary/aromatic N) is 2. The number of halogens is 2. The van der Waals surface area contributed by atoms with Gasteiger partial charge in [0.05, 0.1) is 32.8 Å². The van der Waals surface area contributed by atoms with Gasteiger partial charge in [-0.1, -0.05) is 47.1 Å². The van der Waals surface area contributed by atoms with Gasteiger partial charge in [0.15, 0.2) is 4.34 Å². The van der Waals surface area contributed by atoms with Crippen LogP contribution >= 0.6 is 46.3 Å². The number of aromatic nitrogens is 1. The molecule has 0 aliphatic carbocycles. The van der Waals surface area contributed by atoms with Gasteiger partial charge in [0.2, 0.25) is 5.91 Å². The number of imide groups is 1. The van der Waals surface area contributed by atoms with Gasteiger partial charge < -0.3 is 5.32 Å². The van der Waals surface area contributed by atoms with Crippen LogP contribution in [0.25, 0.3) is 10.2 Å². The predicted octanol–water partition coefficient (Wildman–Crippen LogP) is 6.13. The van der Waals surface area contributed by atoms with Crippen molar-refractivity contribution < 1.29 is 14.4 Å². The first-order chi connectivity index (χ1) is 15.9. The molecule has 1 N–H and O–H groups in total. The molecule has 164 valence electrons. The van der Waals surface area contributed by atoms with Crippen molar-refractivity contribution in [2.24, 2.45) is 0 Å². The Kier molecular flexibility index (Phi) is 5.84. The van der Waals surface area contributed by atoms with Crippen molar-refractivity contribution in [1.82, 2.24) is 4.98 Å². The Labute approximate surface area is 206 Å². The Morgan fingerprint density at radius 3 is 2.30 bits per heavy atom. The smallest absolute Gasteiger partial charge is 0.266 e. The first-order valence-corrected chi connectivity index (χ1v) is 12.2. The van der Waals surface area contributed by atoms with Crippen LogP contribution in [-0.4, -0.2) is 28.5 Å². The van der Waals surface area contributed by atoms with Gasteiger partial charge in [0.1, 0.15) is 0 Å². The van der Waals surface area contributed by atoms with Crippen molar-refractivity contribution in [3.8, 4) is 0 Å². The molecule has 0 spiro atoms. The lowest BCUT2D eigenvalue weighted by molar-refractivity contribution is -0.113. The summed E-state index contributed by atoms with van der Waals surface area (Å²) in [6.07, 6.45) is 0. The van der Waals surface area contributed by atoms with E-state index in [2.05, 4.69) is 10.3 Å². The lowest BCUT2D eigenvalue weighted by Gasteiger charge is -2.13. The first-order valence-electron chi connectivity index (χ1n) is 9.66. The van der Waals surface area contributed by atoms with Gasteiger partial charge in [-0.25, -0.2) is 9.88 Å². The maximum Gasteiger partial charge on any atom is 0.266 e. The molecule has 1 aliphatic heterocycles. The van der Waals surface area contributed by atoms with E-state index >= 15 is 0 Å². The molecule has 0 saturated carbocycles. The molecule has 33 heavy (non-hydrogen) atoms. The third kappa shape index (κ3) is 4.35. The number of anilines is 2. The zero-order chi connectivity index (χ0) is 23.1. The highest BCUT2D eigenvalue weighted by Crippen LogP contribution is 2.35. The summed E-state index contributed by atoms with van der Waals surface area (Å²) in [5.74, 6) is -0.752. The van der Waals surface area contributed by atoms with Gasteiger partial charge >= 0.3 is 0 Å². The number of amides is 3. The zero-order valence-corrected chi connectivity index (χ0v) is 19.8. The van der Waals surface area contributed by atoms with Gasteiger partial charge in [-0.2, -0.15) is 0 Å². The summed E-state index contributed by atoms with van der Waals surface area (Å²) >= 11 is 14.6. The van der Waals surface area contributed by atoms with E-state index in [1.807, 2.05) is 0 Å². The van der Waals surface area contributed by atoms with E-state index in [0.29, 0.717) is 36.9 Å². The van der Waals surface area contributed by atoms with E-state index in [-0.39, 0.29) is 23.5 Å². The van der Waals surface area contributed by atoms with E-state index < -0.39 is 0 Å². The minimum absolute atomic E-state index is 0.148. The lowest BCUT2D eigenvalue weighted by atomic mass is 10.1. The highest BCUT2D eigenvalue weighted by molar-refractivity contribution is 8.01. The summed E-state index contributed by atoms with van der Waals surface area (Å²) in [4.78, 5) is 43.5. The molecule has 4 aromatic rings. The second-order valence-electron chi connectivity index (χ2n) is 7.12. The van der Waals surface area contributed by atoms with Gasteiger partial charge in [0.25, 0.3) is 11.8 Å². The normalized spacial score (nSPS) is 13.0. The number of hydrogen-bond donors (Lipinski definition) is 1. The number of nitrogens with one attached hydrogen (secondary N) is 1. The SMILES string of the molecule is O=C(CSc1nc2ccc(N3C(=O)c4ccccc4C3=O)cc2s1)Nc1cc(Cl)cc(Cl)c1. The Balaban J connectivity index is 1.30. The van der Waals surface area contributed by atoms with Crippen LogP contribution in [0.2, 0.25) is 10.0 Å². The molecule has 3 amide bonds. The molecule has 0 saturated heterocycles. The lowest BCUT2D eigenvalue weighted by Crippen LogP contribution is -2.29. The van der Waals surface area contributed by atoms with Gasteiger partial charge in [0, 0.05) is 15.7 Å². The highest BCUT2D eigenvalue weighted by Gasteiger charge is 2.36. The standard InChI is InChI=1S/C23H13Cl2N3O3S2/c24-12-7-13(25)9-14(8-12)26-20(29)11-32-23-27-18-6-5-15(10-19(18)33-23)28-21(30)16-3-1-2-4-17(16)22(28)31/h1-10H,11H2,(H,26,29). The highest BCUT2D eigenvalue weighted by atomic mass is 35.5. The quantitative estimate of drug-likeness (QED) is 0.256. The molecule has 0 fully saturated rings. The minimum Gasteiger partial charge on any atom is -0.325 e. The largest absolute Gasteiger partial charge is 0.325 e. The van der Waals surface area contributed by atoms with Gasteiger partial charge in [-0.15, -0.1) is 11.3 Å². The number of fused-ring (bicyclic) bond motifs is 2. The molecule has 0 radical (unpaired) electrons. The van der Waals surface area contributed by atoms with Crippen LogP contribution in [-0.2, 0) is 4.79 Å². The first kappa shape index (κ1) is 21.9. The fraction of sp³-hybridized carbons (Fsp3) is 0.0435. The molecule has 1 aliphatic rings. The molecular weight excluding hydrogens is 501 g/mol. The van der Waals surface area contributed by atoms with E-state index in [4.69, 9.17) is 23.2 Å². The minimum atomic E-state index is -0.341. The number of hydrogen-bond acceptors (Lipinski definition) is 6. The van der Waals surface area contributed by atoms with Crippen molar-refractivity contribution in [2.45, 2.75) is 4.34 Å². The topological polar surface area (TPSA) is 79.4 Å². The molecule has 2 heterocycles. The summed E-state index contributed by atoms with van der Waals surface area (Å²) in [5, 5.41) is 3.63. The van der Waals surface area contributed by atoms with Crippen molar-refractivity contribution in [1.29, 1.82) is 0 Å². The van der Waals surface area contributed by atoms with Crippen LogP contribution < -0.4 is 10.2 Å². The Morgan fingerprint density at radius 1 is 0.970 bits per heavy atom. The number of thioether (sulfide) groups is 1. The Bertz CT molecular complexity index is 1400. The van der Waals surface area contributed by atoms with Crippen molar-refractivity contribution in [2.75, 3.05) is 16.0 Å². The molecular formula is C23H13Cl2N3O3S2. The molecule has 6 nitrogen and oxygen atoms in total. The molecule has 10 heteroatoms. The number of rotatable bonds is 5. The Morgan fingerprint density at radius 2 is 1.64 bits per heavy atom. The van der Waals surface area contributed by atoms with E-state index in [1.165, 1.54) is 28.0 Å². The average molecular weight is 514 g/mol. The maximum atomic E-state index is 12.7. The number of benzene rings is 3. The monoisotopic (exact) mass is 513 g/mol. The molecule has 0 bridgehead atoms. The predicted molar refractivity (Wildman–Crippen MR) is 133 cm³/mol. The molecule has 3 aromatic carbocycles. The van der Waals surface area contributed by atoms with Crippen LogP contribution in [0.3, 0.4) is 0 Å². The van der Waals surface area contributed by atoms with Crippen LogP contribution in [0.4, 0.5) is 11.4 Å². The second kappa shape index (κ2) is 8.79. The Hall–Kier alpha value is -2.91. The summed E-state index contributed by atoms with van der Waals surface area (Å²) in [5.41, 5.74) is 2.53. The van der Waals surface area contributed by atoms with Crippen molar-refractivity contribution >= 4 is 85.6 Å². The summed E-state index contributed by atoms with van der Waals surface area (Å²) in [6, 6.07) is 16.8. The maximum absolute atomic E-state index is 12.7. The average Bonchev–Trinajstić information content (AvgIpc) is 3.29. The molecule has 0 atom stereocenters. The number of carbonyl (C=O) groups excluding carboxylic acids is 3. The fourth-order valence-electron chi connectivity index (χ4n) is 3.47. The van der Waals surface area contributed by atoms with Crippen LogP contribution in [0.15, 0.2) is 65.0 Å². The van der Waals surface area contributed by atoms with Crippen LogP contribution in [0.1, 0.15) is 20.7 Å². The molecule has 1 aromatic heterocycles. The van der Waals surface area contributed by atoms with Crippen LogP contribution in [0.5, 0.6) is 0 Å². The molecule has 0 unspecified atom stereocenters. The van der Waals surface area contributed by atoms with Crippen LogP contribution in [0, 0.1) is 0 Å². The van der Waals surface area contributed by atoms with Crippen molar-refractivity contribution in [3.63, 3.8) is 0 Å². The number of carbonyl (C=O) groups is 3. The summed E-state index contributed by atoms with van der Waals surface area (Å²) in [7, 11) is 0. The van der Waals surface area contributed by atoms with Gasteiger partial charge in [-0.3, -0.25) is 14.4 Å².